The van der Waals surface area contributed by atoms with Gasteiger partial charge in [-0.3, -0.25) is 19.7 Å². The third-order valence-corrected chi connectivity index (χ3v) is 3.50. The van der Waals surface area contributed by atoms with Gasteiger partial charge < -0.3 is 9.64 Å². The second kappa shape index (κ2) is 6.95. The molecule has 1 fully saturated rings. The highest BCUT2D eigenvalue weighted by Crippen LogP contribution is 2.12. The lowest BCUT2D eigenvalue weighted by molar-refractivity contribution is -0.385. The Balaban J connectivity index is 1.74. The first-order chi connectivity index (χ1) is 10.7. The van der Waals surface area contributed by atoms with Gasteiger partial charge in [-0.25, -0.2) is 4.79 Å². The maximum atomic E-state index is 12.0. The van der Waals surface area contributed by atoms with Gasteiger partial charge in [-0.1, -0.05) is 0 Å². The van der Waals surface area contributed by atoms with Gasteiger partial charge in [0, 0.05) is 32.7 Å². The molecule has 0 unspecified atom stereocenters. The zero-order chi connectivity index (χ0) is 17.0. The second-order valence-electron chi connectivity index (χ2n) is 6.53. The molecule has 0 atom stereocenters. The first-order valence-electron chi connectivity index (χ1n) is 7.62. The molecule has 0 bridgehead atoms. The van der Waals surface area contributed by atoms with E-state index in [0.717, 1.165) is 19.6 Å². The zero-order valence-corrected chi connectivity index (χ0v) is 13.8. The van der Waals surface area contributed by atoms with Crippen LogP contribution in [0.15, 0.2) is 12.4 Å². The van der Waals surface area contributed by atoms with E-state index < -0.39 is 10.5 Å². The minimum absolute atomic E-state index is 0.000236. The van der Waals surface area contributed by atoms with Crippen LogP contribution in [0.2, 0.25) is 0 Å². The number of nitro groups is 1. The zero-order valence-electron chi connectivity index (χ0n) is 13.8. The van der Waals surface area contributed by atoms with E-state index in [2.05, 4.69) is 10.00 Å². The van der Waals surface area contributed by atoms with E-state index in [1.807, 2.05) is 20.8 Å². The van der Waals surface area contributed by atoms with Gasteiger partial charge in [0.05, 0.1) is 11.5 Å². The lowest BCUT2D eigenvalue weighted by atomic mass is 10.2. The Morgan fingerprint density at radius 1 is 1.30 bits per heavy atom. The molecule has 1 saturated heterocycles. The molecule has 0 aliphatic carbocycles. The van der Waals surface area contributed by atoms with Crippen LogP contribution in [0.25, 0.3) is 0 Å². The number of hydrogen-bond acceptors (Lipinski definition) is 6. The molecule has 1 aliphatic rings. The highest BCUT2D eigenvalue weighted by Gasteiger charge is 2.25. The smallest absolute Gasteiger partial charge is 0.410 e. The summed E-state index contributed by atoms with van der Waals surface area (Å²) in [7, 11) is 0. The van der Waals surface area contributed by atoms with Crippen molar-refractivity contribution >= 4 is 11.8 Å². The van der Waals surface area contributed by atoms with E-state index in [0.29, 0.717) is 19.6 Å². The molecule has 0 N–H and O–H groups in total. The average molecular weight is 325 g/mol. The molecule has 1 amide bonds. The van der Waals surface area contributed by atoms with E-state index in [4.69, 9.17) is 4.74 Å². The van der Waals surface area contributed by atoms with Crippen LogP contribution in [0.1, 0.15) is 20.8 Å². The summed E-state index contributed by atoms with van der Waals surface area (Å²) in [6, 6.07) is 0. The van der Waals surface area contributed by atoms with Crippen LogP contribution in [0.5, 0.6) is 0 Å². The summed E-state index contributed by atoms with van der Waals surface area (Å²) in [6.07, 6.45) is 2.40. The molecule has 9 heteroatoms. The quantitative estimate of drug-likeness (QED) is 0.612. The van der Waals surface area contributed by atoms with Crippen molar-refractivity contribution < 1.29 is 14.5 Å². The highest BCUT2D eigenvalue weighted by molar-refractivity contribution is 5.68. The first kappa shape index (κ1) is 17.2. The van der Waals surface area contributed by atoms with Crippen molar-refractivity contribution in [3.8, 4) is 0 Å². The lowest BCUT2D eigenvalue weighted by Gasteiger charge is -2.35. The van der Waals surface area contributed by atoms with Crippen molar-refractivity contribution in [2.24, 2.45) is 0 Å². The van der Waals surface area contributed by atoms with Gasteiger partial charge in [0.15, 0.2) is 0 Å². The molecule has 0 aromatic carbocycles. The normalized spacial score (nSPS) is 16.4. The fourth-order valence-electron chi connectivity index (χ4n) is 2.29. The maximum Gasteiger partial charge on any atom is 0.410 e. The molecule has 0 spiro atoms. The van der Waals surface area contributed by atoms with Crippen LogP contribution in [-0.2, 0) is 11.3 Å². The number of hydrogen-bond donors (Lipinski definition) is 0. The first-order valence-corrected chi connectivity index (χ1v) is 7.62. The van der Waals surface area contributed by atoms with Crippen molar-refractivity contribution in [1.82, 2.24) is 19.6 Å². The predicted octanol–water partition coefficient (Wildman–Crippen LogP) is 1.34. The second-order valence-corrected chi connectivity index (χ2v) is 6.53. The third-order valence-electron chi connectivity index (χ3n) is 3.50. The van der Waals surface area contributed by atoms with Crippen LogP contribution >= 0.6 is 0 Å². The Morgan fingerprint density at radius 3 is 2.48 bits per heavy atom. The predicted molar refractivity (Wildman–Crippen MR) is 83.1 cm³/mol. The Morgan fingerprint density at radius 2 is 1.96 bits per heavy atom. The van der Waals surface area contributed by atoms with E-state index in [9.17, 15) is 14.9 Å². The molecule has 0 saturated carbocycles. The summed E-state index contributed by atoms with van der Waals surface area (Å²) in [5.74, 6) is 0. The lowest BCUT2D eigenvalue weighted by Crippen LogP contribution is -2.50. The van der Waals surface area contributed by atoms with Gasteiger partial charge in [0.2, 0.25) is 0 Å². The van der Waals surface area contributed by atoms with Crippen molar-refractivity contribution in [2.45, 2.75) is 32.9 Å². The van der Waals surface area contributed by atoms with Crippen molar-refractivity contribution in [3.05, 3.63) is 22.5 Å². The number of ether oxygens (including phenoxy) is 1. The van der Waals surface area contributed by atoms with Crippen molar-refractivity contribution in [2.75, 3.05) is 32.7 Å². The molecule has 2 rings (SSSR count). The van der Waals surface area contributed by atoms with Gasteiger partial charge in [0.1, 0.15) is 18.0 Å². The van der Waals surface area contributed by atoms with Crippen LogP contribution < -0.4 is 0 Å². The summed E-state index contributed by atoms with van der Waals surface area (Å²) in [5, 5.41) is 14.6. The van der Waals surface area contributed by atoms with E-state index >= 15 is 0 Å². The third kappa shape index (κ3) is 5.20. The van der Waals surface area contributed by atoms with E-state index in [1.165, 1.54) is 12.4 Å². The standard InChI is InChI=1S/C14H23N5O4/c1-14(2,3)23-13(20)17-7-4-16(5-8-17)6-9-18-11-12(10-15-18)19(21)22/h10-11H,4-9H2,1-3H3. The summed E-state index contributed by atoms with van der Waals surface area (Å²) in [4.78, 5) is 26.0. The Labute approximate surface area is 134 Å². The number of carbonyl (C=O) groups excluding carboxylic acids is 1. The van der Waals surface area contributed by atoms with Crippen LogP contribution in [-0.4, -0.2) is 68.9 Å². The number of aromatic nitrogens is 2. The molecule has 0 radical (unpaired) electrons. The van der Waals surface area contributed by atoms with Gasteiger partial charge in [-0.2, -0.15) is 5.10 Å². The number of amides is 1. The topological polar surface area (TPSA) is 93.7 Å². The fourth-order valence-corrected chi connectivity index (χ4v) is 2.29. The molecule has 2 heterocycles. The Bertz CT molecular complexity index is 558. The summed E-state index contributed by atoms with van der Waals surface area (Å²) in [5.41, 5.74) is -0.483. The Hall–Kier alpha value is -2.16. The monoisotopic (exact) mass is 325 g/mol. The summed E-state index contributed by atoms with van der Waals surface area (Å²) < 4.78 is 6.93. The molecular formula is C14H23N5O4. The summed E-state index contributed by atoms with van der Waals surface area (Å²) >= 11 is 0. The molecule has 9 nitrogen and oxygen atoms in total. The summed E-state index contributed by atoms with van der Waals surface area (Å²) in [6.45, 7) is 9.62. The minimum atomic E-state index is -0.483. The number of carbonyl (C=O) groups is 1. The molecule has 1 aliphatic heterocycles. The average Bonchev–Trinajstić information content (AvgIpc) is 2.93. The maximum absolute atomic E-state index is 12.0. The van der Waals surface area contributed by atoms with Gasteiger partial charge >= 0.3 is 11.8 Å². The minimum Gasteiger partial charge on any atom is -0.444 e. The van der Waals surface area contributed by atoms with E-state index in [1.54, 1.807) is 9.58 Å². The molecule has 1 aromatic heterocycles. The highest BCUT2D eigenvalue weighted by atomic mass is 16.6. The number of rotatable bonds is 4. The Kier molecular flexibility index (Phi) is 5.19. The van der Waals surface area contributed by atoms with E-state index in [-0.39, 0.29) is 11.8 Å². The van der Waals surface area contributed by atoms with Gasteiger partial charge in [-0.15, -0.1) is 0 Å². The van der Waals surface area contributed by atoms with Crippen molar-refractivity contribution in [1.29, 1.82) is 0 Å². The molecule has 1 aromatic rings. The van der Waals surface area contributed by atoms with Crippen LogP contribution in [0.3, 0.4) is 0 Å². The largest absolute Gasteiger partial charge is 0.444 e. The molecular weight excluding hydrogens is 302 g/mol. The number of piperazine rings is 1. The molecule has 23 heavy (non-hydrogen) atoms. The SMILES string of the molecule is CC(C)(C)OC(=O)N1CCN(CCn2cc([N+](=O)[O-])cn2)CC1. The molecule has 128 valence electrons. The van der Waals surface area contributed by atoms with Crippen LogP contribution in [0.4, 0.5) is 10.5 Å². The van der Waals surface area contributed by atoms with Crippen LogP contribution in [0, 0.1) is 10.1 Å². The van der Waals surface area contributed by atoms with Crippen molar-refractivity contribution in [3.63, 3.8) is 0 Å². The fraction of sp³-hybridized carbons (Fsp3) is 0.714. The van der Waals surface area contributed by atoms with Gasteiger partial charge in [0.25, 0.3) is 0 Å². The van der Waals surface area contributed by atoms with Gasteiger partial charge in [-0.05, 0) is 20.8 Å². The number of nitrogens with zero attached hydrogens (tertiary/aromatic N) is 5.